The highest BCUT2D eigenvalue weighted by molar-refractivity contribution is 14.1. The minimum absolute atomic E-state index is 0.403. The number of hydrogen-bond donors (Lipinski definition) is 0. The Kier molecular flexibility index (Phi) is 3.55. The van der Waals surface area contributed by atoms with Gasteiger partial charge in [0, 0.05) is 5.39 Å². The zero-order valence-electron chi connectivity index (χ0n) is 10.2. The summed E-state index contributed by atoms with van der Waals surface area (Å²) in [6, 6.07) is 3.59. The SMILES string of the molecule is CC(C)(C)OC(=O)n1c(I)cc2cc(Cl)ncc21. The Balaban J connectivity index is 2.51. The van der Waals surface area contributed by atoms with Crippen LogP contribution in [0.1, 0.15) is 20.8 Å². The van der Waals surface area contributed by atoms with E-state index in [4.69, 9.17) is 16.3 Å². The van der Waals surface area contributed by atoms with Crippen molar-refractivity contribution in [1.82, 2.24) is 9.55 Å². The number of carbonyl (C=O) groups excluding carboxylic acids is 1. The van der Waals surface area contributed by atoms with Crippen molar-refractivity contribution in [2.75, 3.05) is 0 Å². The molecule has 2 rings (SSSR count). The Bertz CT molecular complexity index is 616. The van der Waals surface area contributed by atoms with Gasteiger partial charge in [0.1, 0.15) is 10.8 Å². The number of fused-ring (bicyclic) bond motifs is 1. The van der Waals surface area contributed by atoms with E-state index in [0.717, 1.165) is 9.09 Å². The molecule has 0 aromatic carbocycles. The van der Waals surface area contributed by atoms with Crippen LogP contribution in [0.2, 0.25) is 5.15 Å². The van der Waals surface area contributed by atoms with E-state index in [0.29, 0.717) is 10.7 Å². The molecule has 0 bridgehead atoms. The van der Waals surface area contributed by atoms with Crippen molar-refractivity contribution in [3.8, 4) is 0 Å². The fourth-order valence-corrected chi connectivity index (χ4v) is 2.50. The molecule has 0 aliphatic rings. The normalized spacial score (nSPS) is 11.8. The van der Waals surface area contributed by atoms with E-state index in [9.17, 15) is 4.79 Å². The second-order valence-electron chi connectivity index (χ2n) is 4.85. The lowest BCUT2D eigenvalue weighted by Gasteiger charge is -2.20. The van der Waals surface area contributed by atoms with Gasteiger partial charge >= 0.3 is 6.09 Å². The summed E-state index contributed by atoms with van der Waals surface area (Å²) in [5, 5.41) is 1.27. The highest BCUT2D eigenvalue weighted by atomic mass is 127. The predicted octanol–water partition coefficient (Wildman–Crippen LogP) is 4.08. The Morgan fingerprint density at radius 3 is 2.72 bits per heavy atom. The number of carbonyl (C=O) groups is 1. The van der Waals surface area contributed by atoms with E-state index in [1.54, 1.807) is 12.3 Å². The number of rotatable bonds is 0. The smallest absolute Gasteiger partial charge is 0.419 e. The molecule has 96 valence electrons. The largest absolute Gasteiger partial charge is 0.443 e. The molecule has 2 aromatic heterocycles. The molecule has 0 amide bonds. The van der Waals surface area contributed by atoms with Crippen LogP contribution in [0, 0.1) is 3.70 Å². The highest BCUT2D eigenvalue weighted by Gasteiger charge is 2.21. The second-order valence-corrected chi connectivity index (χ2v) is 6.34. The maximum absolute atomic E-state index is 12.1. The molecule has 0 unspecified atom stereocenters. The number of nitrogens with zero attached hydrogens (tertiary/aromatic N) is 2. The van der Waals surface area contributed by atoms with Gasteiger partial charge in [0.2, 0.25) is 0 Å². The van der Waals surface area contributed by atoms with Crippen LogP contribution in [0.3, 0.4) is 0 Å². The van der Waals surface area contributed by atoms with E-state index >= 15 is 0 Å². The third-order valence-electron chi connectivity index (χ3n) is 2.19. The predicted molar refractivity (Wildman–Crippen MR) is 79.1 cm³/mol. The lowest BCUT2D eigenvalue weighted by Crippen LogP contribution is -2.27. The van der Waals surface area contributed by atoms with E-state index < -0.39 is 11.7 Å². The Morgan fingerprint density at radius 2 is 2.11 bits per heavy atom. The third-order valence-corrected chi connectivity index (χ3v) is 3.19. The van der Waals surface area contributed by atoms with Crippen LogP contribution < -0.4 is 0 Å². The van der Waals surface area contributed by atoms with Crippen molar-refractivity contribution in [3.05, 3.63) is 27.2 Å². The van der Waals surface area contributed by atoms with Crippen LogP contribution in [0.25, 0.3) is 10.9 Å². The summed E-state index contributed by atoms with van der Waals surface area (Å²) in [4.78, 5) is 16.1. The summed E-state index contributed by atoms with van der Waals surface area (Å²) in [6.45, 7) is 5.50. The summed E-state index contributed by atoms with van der Waals surface area (Å²) in [6.07, 6.45) is 1.16. The molecular formula is C12H12ClIN2O2. The molecule has 0 saturated carbocycles. The molecule has 6 heteroatoms. The summed E-state index contributed by atoms with van der Waals surface area (Å²) in [7, 11) is 0. The molecule has 2 aromatic rings. The molecule has 2 heterocycles. The topological polar surface area (TPSA) is 44.1 Å². The van der Waals surface area contributed by atoms with E-state index in [2.05, 4.69) is 27.6 Å². The van der Waals surface area contributed by atoms with Gasteiger partial charge in [0.25, 0.3) is 0 Å². The van der Waals surface area contributed by atoms with Gasteiger partial charge in [-0.1, -0.05) is 11.6 Å². The van der Waals surface area contributed by atoms with Gasteiger partial charge in [-0.25, -0.2) is 14.3 Å². The van der Waals surface area contributed by atoms with Crippen molar-refractivity contribution < 1.29 is 9.53 Å². The van der Waals surface area contributed by atoms with Crippen LogP contribution in [-0.2, 0) is 4.74 Å². The number of hydrogen-bond acceptors (Lipinski definition) is 3. The Morgan fingerprint density at radius 1 is 1.44 bits per heavy atom. The van der Waals surface area contributed by atoms with Crippen molar-refractivity contribution in [2.24, 2.45) is 0 Å². The molecule has 0 aliphatic heterocycles. The molecule has 0 spiro atoms. The molecule has 0 aliphatic carbocycles. The number of ether oxygens (including phenoxy) is 1. The average molecular weight is 379 g/mol. The number of aromatic nitrogens is 2. The van der Waals surface area contributed by atoms with Crippen LogP contribution in [0.15, 0.2) is 18.3 Å². The minimum atomic E-state index is -0.531. The van der Waals surface area contributed by atoms with Crippen LogP contribution in [-0.4, -0.2) is 21.2 Å². The van der Waals surface area contributed by atoms with Gasteiger partial charge in [0.05, 0.1) is 15.4 Å². The quantitative estimate of drug-likeness (QED) is 0.512. The van der Waals surface area contributed by atoms with Crippen molar-refractivity contribution in [2.45, 2.75) is 26.4 Å². The van der Waals surface area contributed by atoms with E-state index in [-0.39, 0.29) is 0 Å². The highest BCUT2D eigenvalue weighted by Crippen LogP contribution is 2.24. The van der Waals surface area contributed by atoms with Crippen molar-refractivity contribution in [1.29, 1.82) is 0 Å². The van der Waals surface area contributed by atoms with Crippen molar-refractivity contribution in [3.63, 3.8) is 0 Å². The van der Waals surface area contributed by atoms with E-state index in [1.165, 1.54) is 4.57 Å². The molecule has 18 heavy (non-hydrogen) atoms. The Hall–Kier alpha value is -0.820. The lowest BCUT2D eigenvalue weighted by molar-refractivity contribution is 0.0540. The van der Waals surface area contributed by atoms with Gasteiger partial charge in [-0.15, -0.1) is 0 Å². The van der Waals surface area contributed by atoms with E-state index in [1.807, 2.05) is 26.8 Å². The minimum Gasteiger partial charge on any atom is -0.443 e. The molecule has 0 fully saturated rings. The zero-order valence-corrected chi connectivity index (χ0v) is 13.1. The Labute approximate surface area is 123 Å². The standard InChI is InChI=1S/C12H12ClIN2O2/c1-12(2,3)18-11(17)16-8-6-15-9(13)4-7(8)5-10(16)14/h4-6H,1-3H3. The van der Waals surface area contributed by atoms with Crippen LogP contribution in [0.4, 0.5) is 4.79 Å². The fraction of sp³-hybridized carbons (Fsp3) is 0.333. The van der Waals surface area contributed by atoms with Gasteiger partial charge in [-0.2, -0.15) is 0 Å². The maximum atomic E-state index is 12.1. The molecule has 0 radical (unpaired) electrons. The number of pyridine rings is 1. The molecule has 0 atom stereocenters. The van der Waals surface area contributed by atoms with Gasteiger partial charge in [-0.05, 0) is 55.5 Å². The molecule has 0 saturated heterocycles. The van der Waals surface area contributed by atoms with Crippen LogP contribution >= 0.6 is 34.2 Å². The first-order valence-electron chi connectivity index (χ1n) is 5.34. The fourth-order valence-electron chi connectivity index (χ4n) is 1.54. The first-order chi connectivity index (χ1) is 8.28. The zero-order chi connectivity index (χ0) is 13.5. The lowest BCUT2D eigenvalue weighted by atomic mass is 10.2. The molecule has 0 N–H and O–H groups in total. The summed E-state index contributed by atoms with van der Waals surface area (Å²) < 4.78 is 7.62. The van der Waals surface area contributed by atoms with Crippen LogP contribution in [0.5, 0.6) is 0 Å². The van der Waals surface area contributed by atoms with Gasteiger partial charge in [-0.3, -0.25) is 0 Å². The summed E-state index contributed by atoms with van der Waals surface area (Å²) >= 11 is 7.91. The monoisotopic (exact) mass is 378 g/mol. The number of halogens is 2. The van der Waals surface area contributed by atoms with Gasteiger partial charge in [0.15, 0.2) is 0 Å². The average Bonchev–Trinajstić information content (AvgIpc) is 2.50. The van der Waals surface area contributed by atoms with Gasteiger partial charge < -0.3 is 4.74 Å². The van der Waals surface area contributed by atoms with Crippen molar-refractivity contribution >= 4 is 51.2 Å². The third kappa shape index (κ3) is 2.77. The summed E-state index contributed by atoms with van der Waals surface area (Å²) in [5.41, 5.74) is 0.161. The first kappa shape index (κ1) is 13.6. The first-order valence-corrected chi connectivity index (χ1v) is 6.79. The molecular weight excluding hydrogens is 367 g/mol. The second kappa shape index (κ2) is 4.70. The summed E-state index contributed by atoms with van der Waals surface area (Å²) in [5.74, 6) is 0. The molecule has 4 nitrogen and oxygen atoms in total. The maximum Gasteiger partial charge on any atom is 0.419 e.